The van der Waals surface area contributed by atoms with Crippen molar-refractivity contribution in [2.45, 2.75) is 18.0 Å². The number of β-lactam (4-membered cyclic amide) rings is 1. The van der Waals surface area contributed by atoms with Crippen LogP contribution in [-0.4, -0.2) is 74.3 Å². The molecule has 2 aromatic heterocycles. The summed E-state index contributed by atoms with van der Waals surface area (Å²) in [7, 11) is 0. The number of nitrogens with zero attached hydrogens (tertiary/aromatic N) is 4. The molecule has 2 aliphatic heterocycles. The topological polar surface area (TPSA) is 154 Å². The molecule has 4 heterocycles. The highest BCUT2D eigenvalue weighted by Gasteiger charge is 2.54. The molecule has 37 heavy (non-hydrogen) atoms. The maximum atomic E-state index is 13.2. The molecule has 2 aliphatic rings. The summed E-state index contributed by atoms with van der Waals surface area (Å²) in [6.45, 7) is 0.312. The maximum absolute atomic E-state index is 13.2. The summed E-state index contributed by atoms with van der Waals surface area (Å²) in [4.78, 5) is 59.5. The zero-order chi connectivity index (χ0) is 26.5. The highest BCUT2D eigenvalue weighted by atomic mass is 35.5. The molecule has 4 rings (SSSR count). The van der Waals surface area contributed by atoms with Crippen molar-refractivity contribution in [2.75, 3.05) is 23.3 Å². The van der Waals surface area contributed by atoms with Gasteiger partial charge >= 0.3 is 5.97 Å². The molecule has 0 bridgehead atoms. The molecule has 0 aliphatic carbocycles. The molecule has 12 nitrogen and oxygen atoms in total. The van der Waals surface area contributed by atoms with E-state index in [-0.39, 0.29) is 32.5 Å². The number of carboxylic acids is 1. The first-order valence-corrected chi connectivity index (χ1v) is 14.2. The lowest BCUT2D eigenvalue weighted by Crippen LogP contribution is -2.71. The van der Waals surface area contributed by atoms with Crippen molar-refractivity contribution in [2.24, 2.45) is 5.16 Å². The first kappa shape index (κ1) is 26.9. The van der Waals surface area contributed by atoms with Gasteiger partial charge in [0, 0.05) is 23.5 Å². The number of rotatable bonds is 11. The summed E-state index contributed by atoms with van der Waals surface area (Å²) in [6.07, 6.45) is 5.81. The van der Waals surface area contributed by atoms with E-state index in [0.717, 1.165) is 11.3 Å². The largest absolute Gasteiger partial charge is 0.477 e. The van der Waals surface area contributed by atoms with Crippen LogP contribution in [0.4, 0.5) is 5.13 Å². The lowest BCUT2D eigenvalue weighted by atomic mass is 10.0. The van der Waals surface area contributed by atoms with E-state index in [0.29, 0.717) is 24.3 Å². The number of carbonyl (C=O) groups is 4. The molecular weight excluding hydrogens is 564 g/mol. The van der Waals surface area contributed by atoms with Crippen molar-refractivity contribution < 1.29 is 33.7 Å². The molecule has 1 fully saturated rings. The Labute approximate surface area is 228 Å². The van der Waals surface area contributed by atoms with E-state index < -0.39 is 29.2 Å². The summed E-state index contributed by atoms with van der Waals surface area (Å²) < 4.78 is 1.91. The lowest BCUT2D eigenvalue weighted by Gasteiger charge is -2.49. The SMILES string of the molecule is CSCO/N=C(\C(=O)NC1C(=O)N2C(C(=O)O)=C(C[n+]3ccccc3)CS[C@H]12)c1nc(NC=O)sc1Cl. The van der Waals surface area contributed by atoms with Crippen molar-refractivity contribution in [1.29, 1.82) is 0 Å². The Hall–Kier alpha value is -3.14. The lowest BCUT2D eigenvalue weighted by molar-refractivity contribution is -0.689. The van der Waals surface area contributed by atoms with Gasteiger partial charge in [0.05, 0.1) is 0 Å². The third kappa shape index (κ3) is 5.74. The van der Waals surface area contributed by atoms with Crippen molar-refractivity contribution in [3.05, 3.63) is 51.9 Å². The van der Waals surface area contributed by atoms with E-state index in [1.807, 2.05) is 35.2 Å². The number of fused-ring (bicyclic) bond motifs is 1. The summed E-state index contributed by atoms with van der Waals surface area (Å²) in [5, 5.41) is 18.2. The minimum atomic E-state index is -1.22. The first-order valence-electron chi connectivity index (χ1n) is 10.6. The number of aromatic nitrogens is 2. The average molecular weight is 584 g/mol. The molecule has 3 N–H and O–H groups in total. The number of amides is 3. The Kier molecular flexibility index (Phi) is 8.68. The Bertz CT molecular complexity index is 1290. The van der Waals surface area contributed by atoms with Gasteiger partial charge in [-0.25, -0.2) is 14.3 Å². The zero-order valence-corrected chi connectivity index (χ0v) is 22.3. The molecule has 2 aromatic rings. The van der Waals surface area contributed by atoms with E-state index in [9.17, 15) is 24.3 Å². The summed E-state index contributed by atoms with van der Waals surface area (Å²) >= 11 is 9.81. The number of oxime groups is 1. The predicted octanol–water partition coefficient (Wildman–Crippen LogP) is 1.13. The second-order valence-corrected chi connectivity index (χ2v) is 11.1. The zero-order valence-electron chi connectivity index (χ0n) is 19.1. The highest BCUT2D eigenvalue weighted by Crippen LogP contribution is 2.40. The van der Waals surface area contributed by atoms with Gasteiger partial charge in [0.15, 0.2) is 35.7 Å². The average Bonchev–Trinajstić information content (AvgIpc) is 3.24. The number of hydrogen-bond donors (Lipinski definition) is 3. The first-order chi connectivity index (χ1) is 17.8. The second-order valence-electron chi connectivity index (χ2n) is 7.55. The molecule has 194 valence electrons. The fraction of sp³-hybridized carbons (Fsp3) is 0.286. The standard InChI is InChI=1S/C21H19ClN6O6S3/c1-35-10-34-26-13(12-16(22)37-21(25-12)23-9-29)17(30)24-14-18(31)28-15(20(32)33)11(8-36-19(14)28)7-27-5-3-2-4-6-27/h2-6,9,14,19H,7-8,10H2,1H3,(H2-,23,24,25,29,30,32,33)/p+1/b26-13-/t14?,19-/m1/s1. The van der Waals surface area contributed by atoms with Crippen molar-refractivity contribution in [3.8, 4) is 0 Å². The molecule has 0 spiro atoms. The molecule has 1 saturated heterocycles. The summed E-state index contributed by atoms with van der Waals surface area (Å²) in [5.41, 5.74) is 0.194. The summed E-state index contributed by atoms with van der Waals surface area (Å²) in [6, 6.07) is 4.51. The number of anilines is 1. The third-order valence-electron chi connectivity index (χ3n) is 5.22. The summed E-state index contributed by atoms with van der Waals surface area (Å²) in [5.74, 6) is -2.05. The fourth-order valence-electron chi connectivity index (χ4n) is 3.67. The number of hydrogen-bond acceptors (Lipinski definition) is 10. The van der Waals surface area contributed by atoms with Crippen LogP contribution in [0.3, 0.4) is 0 Å². The molecule has 16 heteroatoms. The maximum Gasteiger partial charge on any atom is 0.352 e. The van der Waals surface area contributed by atoms with Gasteiger partial charge in [-0.05, 0) is 6.26 Å². The van der Waals surface area contributed by atoms with Gasteiger partial charge < -0.3 is 20.6 Å². The van der Waals surface area contributed by atoms with Crippen molar-refractivity contribution in [1.82, 2.24) is 15.2 Å². The minimum absolute atomic E-state index is 0.0251. The molecular formula is C21H20ClN6O6S3+. The van der Waals surface area contributed by atoms with Gasteiger partial charge in [-0.2, -0.15) is 0 Å². The van der Waals surface area contributed by atoms with Gasteiger partial charge in [-0.15, -0.1) is 23.5 Å². The van der Waals surface area contributed by atoms with Gasteiger partial charge in [-0.1, -0.05) is 34.2 Å². The van der Waals surface area contributed by atoms with Crippen LogP contribution >= 0.6 is 46.5 Å². The van der Waals surface area contributed by atoms with Crippen LogP contribution in [0.25, 0.3) is 0 Å². The number of carbonyl (C=O) groups excluding carboxylic acids is 3. The Morgan fingerprint density at radius 3 is 2.84 bits per heavy atom. The van der Waals surface area contributed by atoms with E-state index in [2.05, 4.69) is 20.8 Å². The van der Waals surface area contributed by atoms with Crippen LogP contribution in [0.5, 0.6) is 0 Å². The molecule has 1 unspecified atom stereocenters. The number of aliphatic carboxylic acids is 1. The molecule has 2 atom stereocenters. The Balaban J connectivity index is 1.55. The number of halogens is 1. The van der Waals surface area contributed by atoms with E-state index in [1.54, 1.807) is 6.26 Å². The predicted molar refractivity (Wildman–Crippen MR) is 139 cm³/mol. The third-order valence-corrected chi connectivity index (χ3v) is 8.09. The van der Waals surface area contributed by atoms with Crippen LogP contribution in [0.2, 0.25) is 4.34 Å². The number of thioether (sulfide) groups is 2. The van der Waals surface area contributed by atoms with Crippen molar-refractivity contribution >= 4 is 81.5 Å². The minimum Gasteiger partial charge on any atom is -0.477 e. The quantitative estimate of drug-likeness (QED) is 0.0671. The molecule has 0 aromatic carbocycles. The van der Waals surface area contributed by atoms with E-state index >= 15 is 0 Å². The van der Waals surface area contributed by atoms with Gasteiger partial charge in [0.2, 0.25) is 6.41 Å². The number of nitrogens with one attached hydrogen (secondary N) is 2. The number of carboxylic acid groups (broad SMARTS) is 1. The van der Waals surface area contributed by atoms with Gasteiger partial charge in [0.1, 0.15) is 27.1 Å². The molecule has 0 saturated carbocycles. The van der Waals surface area contributed by atoms with Crippen LogP contribution in [0, 0.1) is 0 Å². The number of thiazole rings is 1. The van der Waals surface area contributed by atoms with Crippen LogP contribution in [0.1, 0.15) is 5.69 Å². The monoisotopic (exact) mass is 583 g/mol. The smallest absolute Gasteiger partial charge is 0.352 e. The van der Waals surface area contributed by atoms with Crippen molar-refractivity contribution in [3.63, 3.8) is 0 Å². The van der Waals surface area contributed by atoms with Crippen LogP contribution in [-0.2, 0) is 30.6 Å². The van der Waals surface area contributed by atoms with Gasteiger partial charge in [-0.3, -0.25) is 19.3 Å². The number of pyridine rings is 1. The fourth-order valence-corrected chi connectivity index (χ4v) is 6.17. The highest BCUT2D eigenvalue weighted by molar-refractivity contribution is 8.00. The van der Waals surface area contributed by atoms with Crippen LogP contribution < -0.4 is 15.2 Å². The normalized spacial score (nSPS) is 19.1. The van der Waals surface area contributed by atoms with E-state index in [1.165, 1.54) is 28.4 Å². The van der Waals surface area contributed by atoms with E-state index in [4.69, 9.17) is 16.4 Å². The molecule has 3 amide bonds. The molecule has 0 radical (unpaired) electrons. The van der Waals surface area contributed by atoms with Crippen LogP contribution in [0.15, 0.2) is 47.0 Å². The second kappa shape index (κ2) is 11.9. The van der Waals surface area contributed by atoms with Gasteiger partial charge in [0.25, 0.3) is 11.8 Å². The Morgan fingerprint density at radius 2 is 2.16 bits per heavy atom. The Morgan fingerprint density at radius 1 is 1.41 bits per heavy atom.